The van der Waals surface area contributed by atoms with E-state index in [1.807, 2.05) is 13.8 Å². The molecule has 0 atom stereocenters. The first-order chi connectivity index (χ1) is 11.0. The maximum atomic E-state index is 12.1. The van der Waals surface area contributed by atoms with Gasteiger partial charge in [0.1, 0.15) is 12.4 Å². The van der Waals surface area contributed by atoms with Gasteiger partial charge in [-0.1, -0.05) is 13.8 Å². The Labute approximate surface area is 133 Å². The molecule has 8 heteroatoms. The Hall–Kier alpha value is -2.51. The summed E-state index contributed by atoms with van der Waals surface area (Å²) < 4.78 is 1.20. The number of nitrogens with zero attached hydrogens (tertiary/aromatic N) is 4. The molecule has 0 saturated heterocycles. The number of carbonyl (C=O) groups is 1. The molecule has 0 spiro atoms. The number of anilines is 1. The molecule has 1 aliphatic carbocycles. The zero-order valence-corrected chi connectivity index (χ0v) is 13.3. The molecule has 2 N–H and O–H groups in total. The Morgan fingerprint density at radius 1 is 1.39 bits per heavy atom. The van der Waals surface area contributed by atoms with Gasteiger partial charge in [-0.15, -0.1) is 5.10 Å². The van der Waals surface area contributed by atoms with Crippen LogP contribution in [-0.2, 0) is 24.2 Å². The van der Waals surface area contributed by atoms with Crippen molar-refractivity contribution in [1.82, 2.24) is 25.0 Å². The van der Waals surface area contributed by atoms with Gasteiger partial charge in [-0.25, -0.2) is 4.68 Å². The van der Waals surface area contributed by atoms with Crippen LogP contribution in [0.2, 0.25) is 0 Å². The first kappa shape index (κ1) is 15.4. The van der Waals surface area contributed by atoms with Gasteiger partial charge < -0.3 is 0 Å². The minimum Gasteiger partial charge on any atom is -0.292 e. The molecular weight excluding hydrogens is 296 g/mol. The Bertz CT molecular complexity index is 777. The minimum absolute atomic E-state index is 0.141. The van der Waals surface area contributed by atoms with E-state index in [0.717, 1.165) is 36.9 Å². The molecule has 0 aliphatic heterocycles. The summed E-state index contributed by atoms with van der Waals surface area (Å²) in [7, 11) is 0. The number of nitrogens with one attached hydrogen (secondary N) is 2. The van der Waals surface area contributed by atoms with Gasteiger partial charge in [-0.2, -0.15) is 10.1 Å². The average molecular weight is 316 g/mol. The summed E-state index contributed by atoms with van der Waals surface area (Å²) in [5.74, 6) is 0.733. The molecular formula is C15H20N6O2. The Morgan fingerprint density at radius 2 is 2.17 bits per heavy atom. The summed E-state index contributed by atoms with van der Waals surface area (Å²) in [6, 6.07) is 1.60. The van der Waals surface area contributed by atoms with E-state index in [1.54, 1.807) is 6.07 Å². The van der Waals surface area contributed by atoms with E-state index in [0.29, 0.717) is 5.82 Å². The first-order valence-electron chi connectivity index (χ1n) is 7.85. The molecule has 0 radical (unpaired) electrons. The predicted octanol–water partition coefficient (Wildman–Crippen LogP) is 1.00. The summed E-state index contributed by atoms with van der Waals surface area (Å²) in [6.07, 6.45) is 3.90. The Balaban J connectivity index is 1.71. The van der Waals surface area contributed by atoms with E-state index in [4.69, 9.17) is 0 Å². The second kappa shape index (κ2) is 6.31. The predicted molar refractivity (Wildman–Crippen MR) is 84.2 cm³/mol. The third-order valence-corrected chi connectivity index (χ3v) is 3.87. The lowest BCUT2D eigenvalue weighted by Gasteiger charge is -2.15. The molecule has 23 heavy (non-hydrogen) atoms. The summed E-state index contributed by atoms with van der Waals surface area (Å²) in [4.78, 5) is 28.3. The van der Waals surface area contributed by atoms with Gasteiger partial charge in [0.05, 0.1) is 5.69 Å². The molecule has 1 amide bonds. The molecule has 2 heterocycles. The van der Waals surface area contributed by atoms with Gasteiger partial charge in [0.15, 0.2) is 0 Å². The van der Waals surface area contributed by atoms with Crippen molar-refractivity contribution < 1.29 is 4.79 Å². The van der Waals surface area contributed by atoms with Crippen LogP contribution >= 0.6 is 0 Å². The van der Waals surface area contributed by atoms with Crippen LogP contribution in [0.4, 0.5) is 5.95 Å². The highest BCUT2D eigenvalue weighted by Gasteiger charge is 2.15. The molecule has 122 valence electrons. The fraction of sp³-hybridized carbons (Fsp3) is 0.533. The lowest BCUT2D eigenvalue weighted by Crippen LogP contribution is -2.31. The molecule has 8 nitrogen and oxygen atoms in total. The number of hydrogen-bond donors (Lipinski definition) is 2. The molecule has 3 rings (SSSR count). The number of aromatic nitrogens is 5. The summed E-state index contributed by atoms with van der Waals surface area (Å²) >= 11 is 0. The van der Waals surface area contributed by atoms with Crippen LogP contribution in [-0.4, -0.2) is 30.9 Å². The molecule has 2 aromatic heterocycles. The first-order valence-corrected chi connectivity index (χ1v) is 7.85. The number of H-pyrrole nitrogens is 1. The Kier molecular flexibility index (Phi) is 4.22. The highest BCUT2D eigenvalue weighted by molar-refractivity contribution is 5.88. The molecule has 0 aromatic carbocycles. The van der Waals surface area contributed by atoms with Gasteiger partial charge in [0.25, 0.3) is 5.56 Å². The number of carbonyl (C=O) groups excluding carboxylic acids is 1. The zero-order chi connectivity index (χ0) is 16.4. The summed E-state index contributed by atoms with van der Waals surface area (Å²) in [5.41, 5.74) is 1.68. The van der Waals surface area contributed by atoms with Crippen LogP contribution in [0, 0.1) is 0 Å². The van der Waals surface area contributed by atoms with Crippen molar-refractivity contribution in [3.05, 3.63) is 33.5 Å². The lowest BCUT2D eigenvalue weighted by molar-refractivity contribution is -0.117. The van der Waals surface area contributed by atoms with Gasteiger partial charge in [0, 0.05) is 12.0 Å². The monoisotopic (exact) mass is 316 g/mol. The van der Waals surface area contributed by atoms with E-state index in [-0.39, 0.29) is 29.9 Å². The largest absolute Gasteiger partial charge is 0.292 e. The molecule has 0 bridgehead atoms. The van der Waals surface area contributed by atoms with Crippen LogP contribution in [0.5, 0.6) is 0 Å². The molecule has 0 saturated carbocycles. The number of aryl methyl sites for hydroxylation is 2. The van der Waals surface area contributed by atoms with Gasteiger partial charge in [-0.05, 0) is 31.2 Å². The van der Waals surface area contributed by atoms with Crippen LogP contribution < -0.4 is 10.9 Å². The van der Waals surface area contributed by atoms with E-state index in [9.17, 15) is 9.59 Å². The fourth-order valence-corrected chi connectivity index (χ4v) is 2.60. The van der Waals surface area contributed by atoms with Crippen LogP contribution in [0.25, 0.3) is 0 Å². The van der Waals surface area contributed by atoms with E-state index in [1.165, 1.54) is 4.68 Å². The van der Waals surface area contributed by atoms with E-state index in [2.05, 4.69) is 25.6 Å². The smallest absolute Gasteiger partial charge is 0.267 e. The van der Waals surface area contributed by atoms with Crippen LogP contribution in [0.1, 0.15) is 49.7 Å². The van der Waals surface area contributed by atoms with Crippen molar-refractivity contribution in [3.63, 3.8) is 0 Å². The minimum atomic E-state index is -0.371. The fourth-order valence-electron chi connectivity index (χ4n) is 2.60. The molecule has 2 aromatic rings. The van der Waals surface area contributed by atoms with E-state index >= 15 is 0 Å². The van der Waals surface area contributed by atoms with Crippen LogP contribution in [0.15, 0.2) is 10.9 Å². The number of hydrogen-bond acceptors (Lipinski definition) is 5. The van der Waals surface area contributed by atoms with E-state index < -0.39 is 0 Å². The maximum Gasteiger partial charge on any atom is 0.267 e. The normalized spacial score (nSPS) is 13.9. The number of fused-ring (bicyclic) bond motifs is 1. The zero-order valence-electron chi connectivity index (χ0n) is 13.3. The van der Waals surface area contributed by atoms with Crippen molar-refractivity contribution in [2.75, 3.05) is 5.32 Å². The topological polar surface area (TPSA) is 106 Å². The van der Waals surface area contributed by atoms with Crippen molar-refractivity contribution >= 4 is 11.9 Å². The lowest BCUT2D eigenvalue weighted by atomic mass is 9.97. The highest BCUT2D eigenvalue weighted by atomic mass is 16.2. The summed E-state index contributed by atoms with van der Waals surface area (Å²) in [5, 5.41) is 13.6. The molecule has 0 fully saturated rings. The van der Waals surface area contributed by atoms with Crippen molar-refractivity contribution in [2.24, 2.45) is 0 Å². The van der Waals surface area contributed by atoms with Crippen molar-refractivity contribution in [1.29, 1.82) is 0 Å². The Morgan fingerprint density at radius 3 is 2.91 bits per heavy atom. The molecule has 0 unspecified atom stereocenters. The number of amides is 1. The second-order valence-electron chi connectivity index (χ2n) is 6.07. The van der Waals surface area contributed by atoms with Crippen molar-refractivity contribution in [3.8, 4) is 0 Å². The summed E-state index contributed by atoms with van der Waals surface area (Å²) in [6.45, 7) is 3.81. The number of rotatable bonds is 4. The maximum absolute atomic E-state index is 12.1. The molecule has 1 aliphatic rings. The van der Waals surface area contributed by atoms with Crippen molar-refractivity contribution in [2.45, 2.75) is 52.0 Å². The quantitative estimate of drug-likeness (QED) is 0.875. The van der Waals surface area contributed by atoms with Gasteiger partial charge in [0.2, 0.25) is 11.9 Å². The highest BCUT2D eigenvalue weighted by Crippen LogP contribution is 2.16. The van der Waals surface area contributed by atoms with Gasteiger partial charge in [-0.3, -0.25) is 20.0 Å². The second-order valence-corrected chi connectivity index (χ2v) is 6.07. The third kappa shape index (κ3) is 3.46. The SMILES string of the molecule is CC(C)c1nc(NC(=O)Cn2nc3c(cc2=O)CCCC3)n[nH]1. The number of aromatic amines is 1. The van der Waals surface area contributed by atoms with Crippen LogP contribution in [0.3, 0.4) is 0 Å². The van der Waals surface area contributed by atoms with Gasteiger partial charge >= 0.3 is 0 Å². The third-order valence-electron chi connectivity index (χ3n) is 3.87. The standard InChI is InChI=1S/C15H20N6O2/c1-9(2)14-17-15(19-18-14)16-12(22)8-21-13(23)7-10-5-3-4-6-11(10)20-21/h7,9H,3-6,8H2,1-2H3,(H2,16,17,18,19,22). The average Bonchev–Trinajstić information content (AvgIpc) is 2.96.